The van der Waals surface area contributed by atoms with Crippen LogP contribution < -0.4 is 5.32 Å². The Hall–Kier alpha value is -0.610. The number of hydrogen-bond donors (Lipinski definition) is 1. The Kier molecular flexibility index (Phi) is 6.49. The predicted molar refractivity (Wildman–Crippen MR) is 93.1 cm³/mol. The molecule has 1 N–H and O–H groups in total. The number of nitrogens with zero attached hydrogens (tertiary/aromatic N) is 1. The molecule has 0 aliphatic heterocycles. The van der Waals surface area contributed by atoms with E-state index in [1.54, 1.807) is 12.4 Å². The van der Waals surface area contributed by atoms with Crippen LogP contribution in [-0.4, -0.2) is 11.5 Å². The fourth-order valence-electron chi connectivity index (χ4n) is 2.15. The molecule has 0 fully saturated rings. The Labute approximate surface area is 144 Å². The van der Waals surface area contributed by atoms with Crippen LogP contribution in [0.3, 0.4) is 0 Å². The largest absolute Gasteiger partial charge is 0.310 e. The van der Waals surface area contributed by atoms with E-state index < -0.39 is 0 Å². The normalized spacial score (nSPS) is 12.4. The van der Waals surface area contributed by atoms with Crippen LogP contribution in [0, 0.1) is 0 Å². The summed E-state index contributed by atoms with van der Waals surface area (Å²) in [6.07, 6.45) is 5.35. The van der Waals surface area contributed by atoms with Gasteiger partial charge in [-0.1, -0.05) is 36.2 Å². The van der Waals surface area contributed by atoms with Crippen molar-refractivity contribution in [2.75, 3.05) is 6.54 Å². The van der Waals surface area contributed by atoms with Crippen LogP contribution in [0.25, 0.3) is 0 Å². The van der Waals surface area contributed by atoms with Crippen molar-refractivity contribution in [2.24, 2.45) is 0 Å². The molecule has 2 rings (SSSR count). The smallest absolute Gasteiger partial charge is 0.0622 e. The van der Waals surface area contributed by atoms with Gasteiger partial charge in [0.15, 0.2) is 0 Å². The van der Waals surface area contributed by atoms with E-state index in [1.165, 1.54) is 5.56 Å². The summed E-state index contributed by atoms with van der Waals surface area (Å²) in [4.78, 5) is 4.04. The van der Waals surface area contributed by atoms with Crippen molar-refractivity contribution in [3.8, 4) is 0 Å². The van der Waals surface area contributed by atoms with E-state index in [9.17, 15) is 0 Å². The second-order valence-corrected chi connectivity index (χ2v) is 6.52. The molecule has 2 nitrogen and oxygen atoms in total. The number of aromatic nitrogens is 1. The molecule has 0 radical (unpaired) electrons. The van der Waals surface area contributed by atoms with Gasteiger partial charge in [-0.3, -0.25) is 4.98 Å². The summed E-state index contributed by atoms with van der Waals surface area (Å²) in [7, 11) is 0. The second kappa shape index (κ2) is 8.14. The van der Waals surface area contributed by atoms with Crippen molar-refractivity contribution in [2.45, 2.75) is 25.8 Å². The lowest BCUT2D eigenvalue weighted by Crippen LogP contribution is -2.24. The van der Waals surface area contributed by atoms with E-state index >= 15 is 0 Å². The highest BCUT2D eigenvalue weighted by molar-refractivity contribution is 9.10. The lowest BCUT2D eigenvalue weighted by atomic mass is 9.99. The van der Waals surface area contributed by atoms with Crippen LogP contribution in [0.2, 0.25) is 10.0 Å². The lowest BCUT2D eigenvalue weighted by Gasteiger charge is -2.20. The monoisotopic (exact) mass is 386 g/mol. The number of pyridine rings is 1. The number of halogens is 3. The van der Waals surface area contributed by atoms with Gasteiger partial charge in [0.05, 0.1) is 10.0 Å². The average Bonchev–Trinajstić information content (AvgIpc) is 2.48. The summed E-state index contributed by atoms with van der Waals surface area (Å²) in [5.74, 6) is 0. The molecule has 0 aliphatic carbocycles. The molecule has 1 heterocycles. The van der Waals surface area contributed by atoms with E-state index in [4.69, 9.17) is 23.2 Å². The lowest BCUT2D eigenvalue weighted by molar-refractivity contribution is 0.529. The van der Waals surface area contributed by atoms with Crippen LogP contribution in [0.5, 0.6) is 0 Å². The molecule has 0 amide bonds. The highest BCUT2D eigenvalue weighted by Gasteiger charge is 2.14. The quantitative estimate of drug-likeness (QED) is 0.714. The maximum atomic E-state index is 6.23. The first kappa shape index (κ1) is 16.8. The van der Waals surface area contributed by atoms with Gasteiger partial charge in [-0.2, -0.15) is 0 Å². The fourth-order valence-corrected chi connectivity index (χ4v) is 2.86. The van der Waals surface area contributed by atoms with Crippen LogP contribution in [-0.2, 0) is 6.42 Å². The zero-order valence-electron chi connectivity index (χ0n) is 11.7. The molecule has 1 aromatic carbocycles. The first-order chi connectivity index (χ1) is 10.1. The predicted octanol–water partition coefficient (Wildman–Crippen LogP) is 5.43. The summed E-state index contributed by atoms with van der Waals surface area (Å²) in [5.41, 5.74) is 2.28. The SMILES string of the molecule is CCCNC(Cc1ccncc1Cl)c1ccc(Cl)c(Br)c1. The maximum Gasteiger partial charge on any atom is 0.0622 e. The van der Waals surface area contributed by atoms with Gasteiger partial charge in [0.2, 0.25) is 0 Å². The van der Waals surface area contributed by atoms with Gasteiger partial charge in [-0.15, -0.1) is 0 Å². The van der Waals surface area contributed by atoms with Crippen molar-refractivity contribution >= 4 is 39.1 Å². The van der Waals surface area contributed by atoms with Crippen molar-refractivity contribution in [3.05, 3.63) is 62.3 Å². The minimum absolute atomic E-state index is 0.193. The topological polar surface area (TPSA) is 24.9 Å². The third kappa shape index (κ3) is 4.68. The molecule has 0 aliphatic rings. The van der Waals surface area contributed by atoms with E-state index in [2.05, 4.69) is 45.3 Å². The zero-order chi connectivity index (χ0) is 15.2. The molecule has 0 saturated carbocycles. The molecule has 0 bridgehead atoms. The summed E-state index contributed by atoms with van der Waals surface area (Å²) in [6, 6.07) is 8.18. The van der Waals surface area contributed by atoms with Gasteiger partial charge >= 0.3 is 0 Å². The molecule has 0 spiro atoms. The highest BCUT2D eigenvalue weighted by Crippen LogP contribution is 2.28. The first-order valence-corrected chi connectivity index (χ1v) is 8.43. The Morgan fingerprint density at radius 2 is 2.05 bits per heavy atom. The maximum absolute atomic E-state index is 6.23. The average molecular weight is 388 g/mol. The van der Waals surface area contributed by atoms with Gasteiger partial charge in [-0.05, 0) is 64.6 Å². The van der Waals surface area contributed by atoms with E-state index in [0.717, 1.165) is 34.4 Å². The highest BCUT2D eigenvalue weighted by atomic mass is 79.9. The van der Waals surface area contributed by atoms with Gasteiger partial charge in [-0.25, -0.2) is 0 Å². The van der Waals surface area contributed by atoms with Gasteiger partial charge < -0.3 is 5.32 Å². The van der Waals surface area contributed by atoms with Crippen molar-refractivity contribution in [1.29, 1.82) is 0 Å². The summed E-state index contributed by atoms with van der Waals surface area (Å²) in [5, 5.41) is 4.99. The standard InChI is InChI=1S/C16H17BrCl2N2/c1-2-6-21-16(9-11-5-7-20-10-15(11)19)12-3-4-14(18)13(17)8-12/h3-5,7-8,10,16,21H,2,6,9H2,1H3. The van der Waals surface area contributed by atoms with Crippen LogP contribution in [0.1, 0.15) is 30.5 Å². The zero-order valence-corrected chi connectivity index (χ0v) is 14.8. The van der Waals surface area contributed by atoms with Crippen LogP contribution in [0.4, 0.5) is 0 Å². The minimum Gasteiger partial charge on any atom is -0.310 e. The third-order valence-corrected chi connectivity index (χ3v) is 4.82. The minimum atomic E-state index is 0.193. The summed E-state index contributed by atoms with van der Waals surface area (Å²) < 4.78 is 0.908. The van der Waals surface area contributed by atoms with Crippen molar-refractivity contribution < 1.29 is 0 Å². The molecule has 2 aromatic rings. The number of hydrogen-bond acceptors (Lipinski definition) is 2. The molecule has 1 unspecified atom stereocenters. The molecule has 5 heteroatoms. The number of nitrogens with one attached hydrogen (secondary N) is 1. The van der Waals surface area contributed by atoms with Crippen molar-refractivity contribution in [1.82, 2.24) is 10.3 Å². The first-order valence-electron chi connectivity index (χ1n) is 6.88. The summed E-state index contributed by atoms with van der Waals surface area (Å²) >= 11 is 15.8. The molecular formula is C16H17BrCl2N2. The molecule has 21 heavy (non-hydrogen) atoms. The molecule has 1 atom stereocenters. The van der Waals surface area contributed by atoms with Gasteiger partial charge in [0, 0.05) is 22.9 Å². The summed E-state index contributed by atoms with van der Waals surface area (Å²) in [6.45, 7) is 3.11. The van der Waals surface area contributed by atoms with E-state index in [0.29, 0.717) is 5.02 Å². The third-order valence-electron chi connectivity index (χ3n) is 3.27. The van der Waals surface area contributed by atoms with Crippen molar-refractivity contribution in [3.63, 3.8) is 0 Å². The van der Waals surface area contributed by atoms with Gasteiger partial charge in [0.25, 0.3) is 0 Å². The molecule has 0 saturated heterocycles. The molecule has 112 valence electrons. The Morgan fingerprint density at radius 3 is 2.71 bits per heavy atom. The fraction of sp³-hybridized carbons (Fsp3) is 0.312. The molecular weight excluding hydrogens is 371 g/mol. The number of rotatable bonds is 6. The Balaban J connectivity index is 2.25. The Bertz CT molecular complexity index is 605. The molecule has 1 aromatic heterocycles. The number of benzene rings is 1. The van der Waals surface area contributed by atoms with Crippen LogP contribution in [0.15, 0.2) is 41.1 Å². The van der Waals surface area contributed by atoms with E-state index in [-0.39, 0.29) is 6.04 Å². The Morgan fingerprint density at radius 1 is 1.24 bits per heavy atom. The van der Waals surface area contributed by atoms with Gasteiger partial charge in [0.1, 0.15) is 0 Å². The second-order valence-electron chi connectivity index (χ2n) is 4.85. The van der Waals surface area contributed by atoms with Crippen LogP contribution >= 0.6 is 39.1 Å². The van der Waals surface area contributed by atoms with E-state index in [1.807, 2.05) is 12.1 Å².